The molecule has 0 aliphatic heterocycles. The molecule has 0 radical (unpaired) electrons. The normalized spacial score (nSPS) is 11.6. The van der Waals surface area contributed by atoms with Crippen LogP contribution in [0.1, 0.15) is 0 Å². The summed E-state index contributed by atoms with van der Waals surface area (Å²) in [6.07, 6.45) is 0. The summed E-state index contributed by atoms with van der Waals surface area (Å²) >= 11 is 1.84. The van der Waals surface area contributed by atoms with Crippen molar-refractivity contribution in [3.8, 4) is 56.2 Å². The van der Waals surface area contributed by atoms with Crippen LogP contribution in [0, 0.1) is 0 Å². The van der Waals surface area contributed by atoms with E-state index in [1.165, 1.54) is 31.3 Å². The molecule has 234 valence electrons. The Kier molecular flexibility index (Phi) is 6.85. The summed E-state index contributed by atoms with van der Waals surface area (Å²) in [5.41, 5.74) is 11.0. The molecule has 0 amide bonds. The summed E-state index contributed by atoms with van der Waals surface area (Å²) in [5, 5.41) is 2.62. The zero-order chi connectivity index (χ0) is 33.1. The first-order valence-electron chi connectivity index (χ1n) is 16.2. The molecular weight excluding hydrogens is 621 g/mol. The van der Waals surface area contributed by atoms with Crippen molar-refractivity contribution in [1.82, 2.24) is 19.1 Å². The molecule has 0 saturated heterocycles. The maximum atomic E-state index is 12.5. The predicted octanol–water partition coefficient (Wildman–Crippen LogP) is 10.4. The largest absolute Gasteiger partial charge is 0.328 e. The van der Waals surface area contributed by atoms with Gasteiger partial charge in [0.2, 0.25) is 0 Å². The van der Waals surface area contributed by atoms with E-state index >= 15 is 0 Å². The van der Waals surface area contributed by atoms with Gasteiger partial charge < -0.3 is 0 Å². The maximum absolute atomic E-state index is 12.5. The molecule has 0 atom stereocenters. The molecule has 0 N–H and O–H groups in total. The fourth-order valence-electron chi connectivity index (χ4n) is 6.72. The van der Waals surface area contributed by atoms with Gasteiger partial charge in [0, 0.05) is 51.0 Å². The lowest BCUT2D eigenvalue weighted by Crippen LogP contribution is -2.19. The third-order valence-electron chi connectivity index (χ3n) is 9.44. The molecule has 0 fully saturated rings. The van der Waals surface area contributed by atoms with E-state index in [0.717, 1.165) is 50.2 Å². The zero-order valence-corrected chi connectivity index (χ0v) is 27.8. The number of benzene rings is 6. The Morgan fingerprint density at radius 3 is 1.67 bits per heavy atom. The summed E-state index contributed by atoms with van der Waals surface area (Å²) in [6.45, 7) is 0. The van der Waals surface area contributed by atoms with E-state index in [1.807, 2.05) is 54.8 Å². The molecule has 3 aromatic heterocycles. The van der Waals surface area contributed by atoms with Gasteiger partial charge in [-0.25, -0.2) is 14.8 Å². The molecule has 0 aliphatic carbocycles. The van der Waals surface area contributed by atoms with E-state index in [9.17, 15) is 4.79 Å². The minimum atomic E-state index is -0.0282. The third-order valence-corrected chi connectivity index (χ3v) is 10.6. The number of aryl methyl sites for hydroxylation is 2. The average Bonchev–Trinajstić information content (AvgIpc) is 3.64. The molecule has 9 aromatic rings. The Labute approximate surface area is 287 Å². The van der Waals surface area contributed by atoms with Gasteiger partial charge in [-0.05, 0) is 52.6 Å². The highest BCUT2D eigenvalue weighted by Gasteiger charge is 2.13. The van der Waals surface area contributed by atoms with Crippen LogP contribution in [-0.4, -0.2) is 19.1 Å². The summed E-state index contributed by atoms with van der Waals surface area (Å²) in [7, 11) is 3.62. The highest BCUT2D eigenvalue weighted by molar-refractivity contribution is 7.25. The Balaban J connectivity index is 1.07. The van der Waals surface area contributed by atoms with Crippen molar-refractivity contribution >= 4 is 42.5 Å². The van der Waals surface area contributed by atoms with Crippen LogP contribution in [0.2, 0.25) is 0 Å². The van der Waals surface area contributed by atoms with Crippen molar-refractivity contribution in [3.05, 3.63) is 156 Å². The lowest BCUT2D eigenvalue weighted by Gasteiger charge is -2.11. The highest BCUT2D eigenvalue weighted by atomic mass is 32.1. The standard InChI is InChI=1S/C43H30N4OS/c1-46-38-23-21-32(24-39(38)47(2)43(46)48)27-12-16-29(17-13-27)36-26-37(45-42(44-36)31-8-4-3-5-9-31)30-18-14-28(15-19-30)33-20-22-35-34-10-6-7-11-40(34)49-41(35)25-33/h3-26H,1-2H3. The summed E-state index contributed by atoms with van der Waals surface area (Å²) in [4.78, 5) is 22.5. The zero-order valence-electron chi connectivity index (χ0n) is 27.0. The molecule has 0 bridgehead atoms. The van der Waals surface area contributed by atoms with E-state index in [2.05, 4.69) is 109 Å². The van der Waals surface area contributed by atoms with Crippen LogP contribution in [0.3, 0.4) is 0 Å². The quantitative estimate of drug-likeness (QED) is 0.186. The van der Waals surface area contributed by atoms with E-state index in [4.69, 9.17) is 9.97 Å². The fourth-order valence-corrected chi connectivity index (χ4v) is 7.86. The van der Waals surface area contributed by atoms with Crippen molar-refractivity contribution in [2.45, 2.75) is 0 Å². The molecular formula is C43H30N4OS. The predicted molar refractivity (Wildman–Crippen MR) is 204 cm³/mol. The van der Waals surface area contributed by atoms with E-state index in [-0.39, 0.29) is 5.69 Å². The molecule has 0 saturated carbocycles. The second kappa shape index (κ2) is 11.5. The number of hydrogen-bond donors (Lipinski definition) is 0. The van der Waals surface area contributed by atoms with Crippen molar-refractivity contribution in [2.75, 3.05) is 0 Å². The van der Waals surface area contributed by atoms with Crippen LogP contribution < -0.4 is 5.69 Å². The molecule has 0 aliphatic rings. The Morgan fingerprint density at radius 1 is 0.449 bits per heavy atom. The number of aromatic nitrogens is 4. The average molecular weight is 651 g/mol. The highest BCUT2D eigenvalue weighted by Crippen LogP contribution is 2.37. The van der Waals surface area contributed by atoms with Gasteiger partial charge in [0.25, 0.3) is 0 Å². The van der Waals surface area contributed by atoms with Crippen LogP contribution in [0.4, 0.5) is 0 Å². The Bertz CT molecular complexity index is 2740. The van der Waals surface area contributed by atoms with Crippen LogP contribution in [0.15, 0.2) is 150 Å². The van der Waals surface area contributed by atoms with Gasteiger partial charge >= 0.3 is 5.69 Å². The number of imidazole rings is 1. The van der Waals surface area contributed by atoms with Crippen LogP contribution in [-0.2, 0) is 14.1 Å². The molecule has 0 spiro atoms. The van der Waals surface area contributed by atoms with Crippen LogP contribution >= 0.6 is 11.3 Å². The fraction of sp³-hybridized carbons (Fsp3) is 0.0465. The van der Waals surface area contributed by atoms with Gasteiger partial charge in [-0.1, -0.05) is 115 Å². The van der Waals surface area contributed by atoms with E-state index in [1.54, 1.807) is 16.2 Å². The first-order chi connectivity index (χ1) is 24.0. The summed E-state index contributed by atoms with van der Waals surface area (Å²) in [6, 6.07) is 50.8. The summed E-state index contributed by atoms with van der Waals surface area (Å²) in [5.74, 6) is 0.687. The van der Waals surface area contributed by atoms with Crippen molar-refractivity contribution in [3.63, 3.8) is 0 Å². The second-order valence-electron chi connectivity index (χ2n) is 12.4. The molecule has 3 heterocycles. The molecule has 9 rings (SSSR count). The molecule has 5 nitrogen and oxygen atoms in total. The number of thiophene rings is 1. The molecule has 6 heteroatoms. The van der Waals surface area contributed by atoms with Gasteiger partial charge in [-0.3, -0.25) is 9.13 Å². The lowest BCUT2D eigenvalue weighted by atomic mass is 9.99. The summed E-state index contributed by atoms with van der Waals surface area (Å²) < 4.78 is 5.98. The topological polar surface area (TPSA) is 52.7 Å². The Hall–Kier alpha value is -6.11. The number of fused-ring (bicyclic) bond motifs is 4. The van der Waals surface area contributed by atoms with Crippen LogP contribution in [0.5, 0.6) is 0 Å². The van der Waals surface area contributed by atoms with Crippen molar-refractivity contribution in [1.29, 1.82) is 0 Å². The second-order valence-corrected chi connectivity index (χ2v) is 13.5. The van der Waals surface area contributed by atoms with E-state index < -0.39 is 0 Å². The molecule has 0 unspecified atom stereocenters. The Morgan fingerprint density at radius 2 is 0.980 bits per heavy atom. The van der Waals surface area contributed by atoms with Crippen molar-refractivity contribution in [2.24, 2.45) is 14.1 Å². The number of rotatable bonds is 5. The third kappa shape index (κ3) is 5.05. The molecule has 49 heavy (non-hydrogen) atoms. The first-order valence-corrected chi connectivity index (χ1v) is 17.0. The van der Waals surface area contributed by atoms with Gasteiger partial charge in [0.05, 0.1) is 22.4 Å². The smallest absolute Gasteiger partial charge is 0.295 e. The number of nitrogens with zero attached hydrogens (tertiary/aromatic N) is 4. The van der Waals surface area contributed by atoms with E-state index in [0.29, 0.717) is 5.82 Å². The van der Waals surface area contributed by atoms with Crippen molar-refractivity contribution < 1.29 is 0 Å². The minimum absolute atomic E-state index is 0.0282. The van der Waals surface area contributed by atoms with Gasteiger partial charge in [0.15, 0.2) is 5.82 Å². The SMILES string of the molecule is Cn1c(=O)n(C)c2cc(-c3ccc(-c4cc(-c5ccc(-c6ccc7c(c6)sc6ccccc67)cc5)nc(-c5ccccc5)n4)cc3)ccc21. The number of hydrogen-bond acceptors (Lipinski definition) is 4. The van der Waals surface area contributed by atoms with Gasteiger partial charge in [-0.15, -0.1) is 11.3 Å². The first kappa shape index (κ1) is 29.1. The minimum Gasteiger partial charge on any atom is -0.295 e. The van der Waals surface area contributed by atoms with Gasteiger partial charge in [-0.2, -0.15) is 0 Å². The lowest BCUT2D eigenvalue weighted by molar-refractivity contribution is 0.795. The monoisotopic (exact) mass is 650 g/mol. The maximum Gasteiger partial charge on any atom is 0.328 e. The van der Waals surface area contributed by atoms with Gasteiger partial charge in [0.1, 0.15) is 0 Å². The van der Waals surface area contributed by atoms with Crippen LogP contribution in [0.25, 0.3) is 87.4 Å². The molecule has 6 aromatic carbocycles.